The van der Waals surface area contributed by atoms with Crippen LogP contribution in [0.15, 0.2) is 0 Å². The normalized spacial score (nSPS) is 9.55. The number of nitrogens with two attached hydrogens (primary N) is 1. The van der Waals surface area contributed by atoms with Crippen molar-refractivity contribution in [1.82, 2.24) is 0 Å². The maximum atomic E-state index is 10.1. The van der Waals surface area contributed by atoms with Gasteiger partial charge in [0.1, 0.15) is 0 Å². The minimum Gasteiger partial charge on any atom is -0.450 e. The van der Waals surface area contributed by atoms with Crippen LogP contribution < -0.4 is 5.73 Å². The van der Waals surface area contributed by atoms with E-state index in [2.05, 4.69) is 4.74 Å². The van der Waals surface area contributed by atoms with E-state index in [0.29, 0.717) is 6.61 Å². The molecule has 0 fully saturated rings. The standard InChI is InChI=1S/C7H14NO2S/c8-7(9)10-5-3-1-2-4-6-11/h1-6H2,(H2,8,9). The maximum Gasteiger partial charge on any atom is 0.404 e. The number of rotatable bonds is 6. The molecular formula is C7H14NO2S. The molecule has 0 aromatic carbocycles. The molecule has 0 unspecified atom stereocenters. The first-order chi connectivity index (χ1) is 5.27. The molecule has 0 heterocycles. The fraction of sp³-hybridized carbons (Fsp3) is 0.857. The zero-order chi connectivity index (χ0) is 8.53. The number of carbonyl (C=O) groups is 1. The lowest BCUT2D eigenvalue weighted by Gasteiger charge is -1.99. The second-order valence-electron chi connectivity index (χ2n) is 2.29. The highest BCUT2D eigenvalue weighted by molar-refractivity contribution is 7.80. The van der Waals surface area contributed by atoms with Crippen LogP contribution in [-0.4, -0.2) is 18.5 Å². The first kappa shape index (κ1) is 10.6. The summed E-state index contributed by atoms with van der Waals surface area (Å²) in [7, 11) is 0. The number of primary amides is 1. The largest absolute Gasteiger partial charge is 0.450 e. The summed E-state index contributed by atoms with van der Waals surface area (Å²) in [6.07, 6.45) is 3.45. The van der Waals surface area contributed by atoms with Crippen molar-refractivity contribution in [3.05, 3.63) is 0 Å². The first-order valence-corrected chi connectivity index (χ1v) is 4.35. The molecule has 1 radical (unpaired) electrons. The Hall–Kier alpha value is -0.380. The predicted octanol–water partition coefficient (Wildman–Crippen LogP) is 1.84. The molecule has 0 aliphatic heterocycles. The molecule has 0 rings (SSSR count). The van der Waals surface area contributed by atoms with E-state index in [9.17, 15) is 4.79 Å². The summed E-state index contributed by atoms with van der Waals surface area (Å²) in [6, 6.07) is 0. The molecule has 0 aliphatic carbocycles. The van der Waals surface area contributed by atoms with Crippen LogP contribution in [0.3, 0.4) is 0 Å². The van der Waals surface area contributed by atoms with Crippen molar-refractivity contribution in [2.24, 2.45) is 5.73 Å². The summed E-state index contributed by atoms with van der Waals surface area (Å²) in [5.74, 6) is 0.816. The van der Waals surface area contributed by atoms with Crippen LogP contribution in [0.1, 0.15) is 25.7 Å². The molecule has 0 spiro atoms. The van der Waals surface area contributed by atoms with E-state index < -0.39 is 6.09 Å². The molecule has 4 heteroatoms. The number of carbonyl (C=O) groups excluding carboxylic acids is 1. The van der Waals surface area contributed by atoms with Gasteiger partial charge in [-0.05, 0) is 12.8 Å². The Morgan fingerprint density at radius 3 is 2.45 bits per heavy atom. The van der Waals surface area contributed by atoms with Crippen LogP contribution >= 0.6 is 12.6 Å². The topological polar surface area (TPSA) is 52.3 Å². The van der Waals surface area contributed by atoms with Crippen LogP contribution in [0.25, 0.3) is 0 Å². The molecule has 0 aromatic heterocycles. The number of hydrogen-bond acceptors (Lipinski definition) is 2. The third-order valence-electron chi connectivity index (χ3n) is 1.28. The maximum absolute atomic E-state index is 10.1. The zero-order valence-corrected chi connectivity index (χ0v) is 7.36. The third kappa shape index (κ3) is 9.62. The summed E-state index contributed by atoms with van der Waals surface area (Å²) < 4.78 is 4.53. The van der Waals surface area contributed by atoms with Gasteiger partial charge in [-0.2, -0.15) is 0 Å². The second kappa shape index (κ2) is 7.72. The van der Waals surface area contributed by atoms with Crippen molar-refractivity contribution in [3.8, 4) is 0 Å². The van der Waals surface area contributed by atoms with Crippen molar-refractivity contribution in [1.29, 1.82) is 0 Å². The summed E-state index contributed by atoms with van der Waals surface area (Å²) in [6.45, 7) is 0.437. The fourth-order valence-electron chi connectivity index (χ4n) is 0.730. The van der Waals surface area contributed by atoms with Gasteiger partial charge >= 0.3 is 6.09 Å². The Bertz CT molecular complexity index is 109. The van der Waals surface area contributed by atoms with Gasteiger partial charge in [0.15, 0.2) is 0 Å². The average Bonchev–Trinajstić information content (AvgIpc) is 1.96. The van der Waals surface area contributed by atoms with Gasteiger partial charge in [0.25, 0.3) is 0 Å². The van der Waals surface area contributed by atoms with Crippen molar-refractivity contribution in [2.75, 3.05) is 12.4 Å². The second-order valence-corrected chi connectivity index (χ2v) is 2.69. The summed E-state index contributed by atoms with van der Waals surface area (Å²) in [5.41, 5.74) is 4.76. The van der Waals surface area contributed by atoms with Crippen molar-refractivity contribution in [2.45, 2.75) is 25.7 Å². The van der Waals surface area contributed by atoms with Gasteiger partial charge in [0.05, 0.1) is 6.61 Å². The molecule has 1 amide bonds. The predicted molar refractivity (Wildman–Crippen MR) is 46.5 cm³/mol. The number of hydrogen-bond donors (Lipinski definition) is 1. The van der Waals surface area contributed by atoms with Gasteiger partial charge < -0.3 is 10.5 Å². The van der Waals surface area contributed by atoms with Gasteiger partial charge in [-0.3, -0.25) is 0 Å². The molecule has 2 N–H and O–H groups in total. The molecule has 0 atom stereocenters. The lowest BCUT2D eigenvalue weighted by Crippen LogP contribution is -2.13. The summed E-state index contributed by atoms with van der Waals surface area (Å²) in [5, 5.41) is 0. The van der Waals surface area contributed by atoms with Gasteiger partial charge in [-0.1, -0.05) is 25.5 Å². The highest BCUT2D eigenvalue weighted by Gasteiger charge is 1.92. The van der Waals surface area contributed by atoms with Crippen LogP contribution in [-0.2, 0) is 4.74 Å². The average molecular weight is 176 g/mol. The van der Waals surface area contributed by atoms with Crippen molar-refractivity contribution >= 4 is 18.7 Å². The molecule has 65 valence electrons. The van der Waals surface area contributed by atoms with Gasteiger partial charge in [0, 0.05) is 5.75 Å². The van der Waals surface area contributed by atoms with Crippen LogP contribution in [0, 0.1) is 0 Å². The minimum atomic E-state index is -0.687. The highest BCUT2D eigenvalue weighted by atomic mass is 32.1. The quantitative estimate of drug-likeness (QED) is 0.628. The fourth-order valence-corrected chi connectivity index (χ4v) is 0.935. The lowest BCUT2D eigenvalue weighted by molar-refractivity contribution is 0.154. The van der Waals surface area contributed by atoms with Gasteiger partial charge in [-0.15, -0.1) is 0 Å². The molecule has 0 aliphatic rings. The first-order valence-electron chi connectivity index (χ1n) is 3.77. The molecule has 11 heavy (non-hydrogen) atoms. The van der Waals surface area contributed by atoms with Gasteiger partial charge in [-0.25, -0.2) is 4.79 Å². The van der Waals surface area contributed by atoms with Crippen LogP contribution in [0.5, 0.6) is 0 Å². The Labute approximate surface area is 72.7 Å². The Balaban J connectivity index is 2.85. The third-order valence-corrected chi connectivity index (χ3v) is 1.57. The molecule has 0 saturated heterocycles. The van der Waals surface area contributed by atoms with E-state index in [0.717, 1.165) is 31.4 Å². The highest BCUT2D eigenvalue weighted by Crippen LogP contribution is 2.00. The van der Waals surface area contributed by atoms with E-state index in [4.69, 9.17) is 18.4 Å². The Morgan fingerprint density at radius 2 is 1.91 bits per heavy atom. The van der Waals surface area contributed by atoms with E-state index in [-0.39, 0.29) is 0 Å². The zero-order valence-electron chi connectivity index (χ0n) is 6.54. The number of ether oxygens (including phenoxy) is 1. The molecule has 0 aromatic rings. The Kier molecular flexibility index (Phi) is 7.46. The lowest BCUT2D eigenvalue weighted by atomic mass is 10.2. The molecule has 0 saturated carbocycles. The monoisotopic (exact) mass is 176 g/mol. The van der Waals surface area contributed by atoms with E-state index in [1.54, 1.807) is 0 Å². The number of amides is 1. The minimum absolute atomic E-state index is 0.437. The van der Waals surface area contributed by atoms with Crippen molar-refractivity contribution < 1.29 is 9.53 Å². The Morgan fingerprint density at radius 1 is 1.27 bits per heavy atom. The molecule has 0 bridgehead atoms. The van der Waals surface area contributed by atoms with Crippen LogP contribution in [0.4, 0.5) is 4.79 Å². The summed E-state index contributed by atoms with van der Waals surface area (Å²) >= 11 is 4.77. The van der Waals surface area contributed by atoms with E-state index in [1.807, 2.05) is 0 Å². The summed E-state index contributed by atoms with van der Waals surface area (Å²) in [4.78, 5) is 10.1. The van der Waals surface area contributed by atoms with Crippen molar-refractivity contribution in [3.63, 3.8) is 0 Å². The van der Waals surface area contributed by atoms with E-state index >= 15 is 0 Å². The smallest absolute Gasteiger partial charge is 0.404 e. The SMILES string of the molecule is NC(=O)OCCCCCC[S]. The number of unbranched alkanes of at least 4 members (excludes halogenated alkanes) is 3. The molecular weight excluding hydrogens is 162 g/mol. The van der Waals surface area contributed by atoms with Crippen LogP contribution in [0.2, 0.25) is 0 Å². The van der Waals surface area contributed by atoms with Gasteiger partial charge in [0.2, 0.25) is 0 Å². The molecule has 3 nitrogen and oxygen atoms in total. The van der Waals surface area contributed by atoms with E-state index in [1.165, 1.54) is 0 Å².